The number of alkyl halides is 3. The number of likely N-dealkylation sites (tertiary alicyclic amines) is 1. The molecule has 1 aromatic rings. The topological polar surface area (TPSA) is 63.7 Å². The SMILES string of the molecule is C=CCC(F)(F)C(C)Oc1ccc(S(C)(=O)=O)cc1C(=O)N1CC2=CCC(I)C=C2C1. The summed E-state index contributed by atoms with van der Waals surface area (Å²) in [6.07, 6.45) is 5.12. The van der Waals surface area contributed by atoms with E-state index in [1.165, 1.54) is 25.1 Å². The van der Waals surface area contributed by atoms with Crippen LogP contribution in [0.3, 0.4) is 0 Å². The third-order valence-electron chi connectivity index (χ3n) is 5.32. The fourth-order valence-corrected chi connectivity index (χ4v) is 4.86. The zero-order chi connectivity index (χ0) is 23.0. The van der Waals surface area contributed by atoms with Crippen molar-refractivity contribution in [2.75, 3.05) is 19.3 Å². The summed E-state index contributed by atoms with van der Waals surface area (Å²) in [4.78, 5) is 14.8. The first-order chi connectivity index (χ1) is 14.4. The van der Waals surface area contributed by atoms with E-state index in [2.05, 4.69) is 41.3 Å². The van der Waals surface area contributed by atoms with Crippen molar-refractivity contribution in [2.45, 2.75) is 40.6 Å². The summed E-state index contributed by atoms with van der Waals surface area (Å²) in [5.41, 5.74) is 2.08. The number of hydrogen-bond acceptors (Lipinski definition) is 4. The number of fused-ring (bicyclic) bond motifs is 1. The predicted octanol–water partition coefficient (Wildman–Crippen LogP) is 4.58. The van der Waals surface area contributed by atoms with Crippen LogP contribution in [0.5, 0.6) is 5.75 Å². The van der Waals surface area contributed by atoms with Gasteiger partial charge in [0.15, 0.2) is 15.9 Å². The van der Waals surface area contributed by atoms with E-state index in [1.54, 1.807) is 4.90 Å². The largest absolute Gasteiger partial charge is 0.484 e. The Kier molecular flexibility index (Phi) is 6.95. The second-order valence-corrected chi connectivity index (χ2v) is 11.4. The van der Waals surface area contributed by atoms with Crippen molar-refractivity contribution in [3.05, 3.63) is 59.7 Å². The first kappa shape index (κ1) is 23.9. The smallest absolute Gasteiger partial charge is 0.287 e. The number of benzene rings is 1. The van der Waals surface area contributed by atoms with Crippen LogP contribution in [0.25, 0.3) is 0 Å². The molecule has 3 rings (SSSR count). The van der Waals surface area contributed by atoms with Gasteiger partial charge < -0.3 is 9.64 Å². The highest BCUT2D eigenvalue weighted by Gasteiger charge is 2.38. The number of ether oxygens (including phenoxy) is 1. The normalized spacial score (nSPS) is 19.9. The zero-order valence-electron chi connectivity index (χ0n) is 17.3. The number of rotatable bonds is 7. The van der Waals surface area contributed by atoms with Gasteiger partial charge in [-0.3, -0.25) is 4.79 Å². The molecule has 1 heterocycles. The van der Waals surface area contributed by atoms with Crippen molar-refractivity contribution in [3.63, 3.8) is 0 Å². The summed E-state index contributed by atoms with van der Waals surface area (Å²) in [5.74, 6) is -3.72. The monoisotopic (exact) mass is 563 g/mol. The Morgan fingerprint density at radius 2 is 2.06 bits per heavy atom. The molecule has 31 heavy (non-hydrogen) atoms. The quantitative estimate of drug-likeness (QED) is 0.277. The number of sulfone groups is 1. The van der Waals surface area contributed by atoms with E-state index < -0.39 is 34.2 Å². The van der Waals surface area contributed by atoms with Crippen molar-refractivity contribution >= 4 is 38.3 Å². The van der Waals surface area contributed by atoms with E-state index in [9.17, 15) is 22.0 Å². The first-order valence-corrected chi connectivity index (χ1v) is 12.9. The summed E-state index contributed by atoms with van der Waals surface area (Å²) >= 11 is 2.33. The molecule has 1 aromatic carbocycles. The number of carbonyl (C=O) groups excluding carboxylic acids is 1. The molecule has 0 N–H and O–H groups in total. The summed E-state index contributed by atoms with van der Waals surface area (Å²) in [6.45, 7) is 5.32. The highest BCUT2D eigenvalue weighted by atomic mass is 127. The Morgan fingerprint density at radius 1 is 1.39 bits per heavy atom. The lowest BCUT2D eigenvalue weighted by molar-refractivity contribution is -0.0849. The van der Waals surface area contributed by atoms with Gasteiger partial charge >= 0.3 is 0 Å². The van der Waals surface area contributed by atoms with E-state index >= 15 is 0 Å². The Bertz CT molecular complexity index is 1070. The van der Waals surface area contributed by atoms with Gasteiger partial charge in [0, 0.05) is 29.7 Å². The van der Waals surface area contributed by atoms with Crippen LogP contribution in [0, 0.1) is 0 Å². The number of nitrogens with zero attached hydrogens (tertiary/aromatic N) is 1. The minimum Gasteiger partial charge on any atom is -0.484 e. The van der Waals surface area contributed by atoms with Crippen molar-refractivity contribution < 1.29 is 26.7 Å². The van der Waals surface area contributed by atoms with Gasteiger partial charge in [-0.1, -0.05) is 40.8 Å². The van der Waals surface area contributed by atoms with Crippen LogP contribution in [-0.4, -0.2) is 54.5 Å². The maximum absolute atomic E-state index is 14.2. The van der Waals surface area contributed by atoms with Gasteiger partial charge in [-0.25, -0.2) is 17.2 Å². The van der Waals surface area contributed by atoms with Crippen LogP contribution in [0.2, 0.25) is 0 Å². The lowest BCUT2D eigenvalue weighted by atomic mass is 10.0. The average Bonchev–Trinajstić information content (AvgIpc) is 3.10. The van der Waals surface area contributed by atoms with Gasteiger partial charge in [-0.15, -0.1) is 6.58 Å². The molecule has 0 aromatic heterocycles. The average molecular weight is 563 g/mol. The number of amides is 1. The summed E-state index contributed by atoms with van der Waals surface area (Å²) in [7, 11) is -3.60. The zero-order valence-corrected chi connectivity index (χ0v) is 20.3. The van der Waals surface area contributed by atoms with Gasteiger partial charge in [0.05, 0.1) is 10.5 Å². The number of carbonyl (C=O) groups is 1. The van der Waals surface area contributed by atoms with Gasteiger partial charge in [0.2, 0.25) is 0 Å². The first-order valence-electron chi connectivity index (χ1n) is 9.75. The Morgan fingerprint density at radius 3 is 2.71 bits per heavy atom. The third-order valence-corrected chi connectivity index (χ3v) is 7.30. The molecule has 1 amide bonds. The van der Waals surface area contributed by atoms with E-state index in [1.807, 2.05) is 0 Å². The Balaban J connectivity index is 1.96. The number of hydrogen-bond donors (Lipinski definition) is 0. The van der Waals surface area contributed by atoms with Crippen LogP contribution in [0.1, 0.15) is 30.1 Å². The van der Waals surface area contributed by atoms with E-state index in [4.69, 9.17) is 4.74 Å². The summed E-state index contributed by atoms with van der Waals surface area (Å²) in [6, 6.07) is 3.74. The molecular formula is C22H24F2INO4S. The van der Waals surface area contributed by atoms with E-state index in [0.29, 0.717) is 17.0 Å². The molecule has 1 fully saturated rings. The third kappa shape index (κ3) is 5.36. The molecule has 168 valence electrons. The van der Waals surface area contributed by atoms with Crippen LogP contribution in [-0.2, 0) is 9.84 Å². The van der Waals surface area contributed by atoms with Crippen molar-refractivity contribution in [2.24, 2.45) is 0 Å². The Hall–Kier alpha value is -1.75. The standard InChI is InChI=1S/C22H24F2INO4S/c1-4-9-22(23,24)14(2)30-20-8-7-18(31(3,28)29)11-19(20)21(27)26-12-15-5-6-17(25)10-16(15)13-26/h4-5,7-8,10-11,14,17H,1,6,9,12-13H2,2-3H3. The maximum Gasteiger partial charge on any atom is 0.287 e. The molecule has 0 saturated carbocycles. The van der Waals surface area contributed by atoms with Crippen molar-refractivity contribution in [3.8, 4) is 5.75 Å². The van der Waals surface area contributed by atoms with Crippen LogP contribution in [0.4, 0.5) is 8.78 Å². The highest BCUT2D eigenvalue weighted by Crippen LogP contribution is 2.34. The fourth-order valence-electron chi connectivity index (χ4n) is 3.53. The molecule has 9 heteroatoms. The summed E-state index contributed by atoms with van der Waals surface area (Å²) in [5, 5.41) is 0. The van der Waals surface area contributed by atoms with Crippen LogP contribution in [0.15, 0.2) is 59.0 Å². The maximum atomic E-state index is 14.2. The molecule has 2 unspecified atom stereocenters. The van der Waals surface area contributed by atoms with E-state index in [0.717, 1.165) is 29.9 Å². The van der Waals surface area contributed by atoms with Gasteiger partial charge in [-0.05, 0) is 42.7 Å². The molecular weight excluding hydrogens is 539 g/mol. The van der Waals surface area contributed by atoms with Gasteiger partial charge in [0.1, 0.15) is 5.75 Å². The number of allylic oxidation sites excluding steroid dienone is 3. The molecule has 1 saturated heterocycles. The molecule has 2 atom stereocenters. The molecule has 1 aliphatic carbocycles. The second kappa shape index (κ2) is 9.01. The minimum absolute atomic E-state index is 0.0463. The van der Waals surface area contributed by atoms with Gasteiger partial charge in [-0.2, -0.15) is 0 Å². The molecule has 0 bridgehead atoms. The Labute approximate surface area is 194 Å². The van der Waals surface area contributed by atoms with E-state index in [-0.39, 0.29) is 16.2 Å². The predicted molar refractivity (Wildman–Crippen MR) is 124 cm³/mol. The lowest BCUT2D eigenvalue weighted by Crippen LogP contribution is -2.36. The molecule has 0 spiro atoms. The molecule has 1 aliphatic heterocycles. The van der Waals surface area contributed by atoms with Crippen LogP contribution < -0.4 is 4.74 Å². The second-order valence-electron chi connectivity index (χ2n) is 7.78. The number of halogens is 3. The van der Waals surface area contributed by atoms with Crippen molar-refractivity contribution in [1.82, 2.24) is 4.90 Å². The van der Waals surface area contributed by atoms with Gasteiger partial charge in [0.25, 0.3) is 11.8 Å². The summed E-state index contributed by atoms with van der Waals surface area (Å²) < 4.78 is 58.4. The highest BCUT2D eigenvalue weighted by molar-refractivity contribution is 14.1. The molecule has 2 aliphatic rings. The van der Waals surface area contributed by atoms with Crippen LogP contribution >= 0.6 is 22.6 Å². The molecule has 0 radical (unpaired) electrons. The minimum atomic E-state index is -3.60. The molecule has 5 nitrogen and oxygen atoms in total. The van der Waals surface area contributed by atoms with Crippen molar-refractivity contribution in [1.29, 1.82) is 0 Å². The fraction of sp³-hybridized carbons (Fsp3) is 0.409. The lowest BCUT2D eigenvalue weighted by Gasteiger charge is -2.25.